The summed E-state index contributed by atoms with van der Waals surface area (Å²) >= 11 is 0. The van der Waals surface area contributed by atoms with Crippen molar-refractivity contribution in [3.8, 4) is 0 Å². The van der Waals surface area contributed by atoms with Crippen molar-refractivity contribution < 1.29 is 13.7 Å². The maximum Gasteiger partial charge on any atom is 0.494 e. The second-order valence-corrected chi connectivity index (χ2v) is 10.6. The van der Waals surface area contributed by atoms with Crippen molar-refractivity contribution in [2.75, 3.05) is 18.4 Å². The van der Waals surface area contributed by atoms with E-state index in [2.05, 4.69) is 49.0 Å². The minimum absolute atomic E-state index is 0.363. The summed E-state index contributed by atoms with van der Waals surface area (Å²) in [6, 6.07) is 7.00. The summed E-state index contributed by atoms with van der Waals surface area (Å²) in [7, 11) is -0.388. The number of hydrogen-bond donors (Lipinski definition) is 1. The molecular weight excluding hydrogens is 406 g/mol. The number of likely N-dealkylation sites (tertiary alicyclic amines) is 1. The van der Waals surface area contributed by atoms with Crippen LogP contribution in [0.25, 0.3) is 10.9 Å². The lowest BCUT2D eigenvalue weighted by Gasteiger charge is -2.34. The highest BCUT2D eigenvalue weighted by atomic mass is 19.1. The second kappa shape index (κ2) is 8.22. The van der Waals surface area contributed by atoms with Crippen molar-refractivity contribution in [1.29, 1.82) is 0 Å². The summed E-state index contributed by atoms with van der Waals surface area (Å²) in [5, 5.41) is 4.49. The molecule has 32 heavy (non-hydrogen) atoms. The van der Waals surface area contributed by atoms with Crippen molar-refractivity contribution in [3.05, 3.63) is 24.4 Å². The lowest BCUT2D eigenvalue weighted by atomic mass is 9.78. The van der Waals surface area contributed by atoms with Gasteiger partial charge in [0, 0.05) is 36.8 Å². The van der Waals surface area contributed by atoms with E-state index in [0.29, 0.717) is 31.0 Å². The normalized spacial score (nSPS) is 30.2. The molecule has 3 fully saturated rings. The largest absolute Gasteiger partial charge is 0.494 e. The van der Waals surface area contributed by atoms with E-state index in [1.165, 1.54) is 0 Å². The molecule has 8 heteroatoms. The van der Waals surface area contributed by atoms with Gasteiger partial charge in [0.15, 0.2) is 0 Å². The first-order valence-corrected chi connectivity index (χ1v) is 12.0. The average Bonchev–Trinajstić information content (AvgIpc) is 3.28. The Kier molecular flexibility index (Phi) is 5.67. The maximum absolute atomic E-state index is 13.5. The van der Waals surface area contributed by atoms with Gasteiger partial charge in [-0.05, 0) is 71.3 Å². The summed E-state index contributed by atoms with van der Waals surface area (Å²) in [5.74, 6) is 0.675. The average molecular weight is 440 g/mol. The fourth-order valence-corrected chi connectivity index (χ4v) is 5.09. The first-order chi connectivity index (χ1) is 15.2. The Hall–Kier alpha value is -1.77. The summed E-state index contributed by atoms with van der Waals surface area (Å²) < 4.78 is 25.9. The van der Waals surface area contributed by atoms with Crippen LogP contribution in [0.5, 0.6) is 0 Å². The van der Waals surface area contributed by atoms with Gasteiger partial charge in [-0.1, -0.05) is 12.1 Å². The van der Waals surface area contributed by atoms with E-state index in [1.54, 1.807) is 0 Å². The third-order valence-corrected chi connectivity index (χ3v) is 7.84. The van der Waals surface area contributed by atoms with Crippen LogP contribution in [0, 0.1) is 0 Å². The molecule has 5 rings (SSSR count). The highest BCUT2D eigenvalue weighted by Crippen LogP contribution is 2.36. The molecule has 1 aromatic carbocycles. The molecule has 1 N–H and O–H groups in total. The zero-order chi connectivity index (χ0) is 22.5. The van der Waals surface area contributed by atoms with Crippen LogP contribution < -0.4 is 10.8 Å². The number of nitrogens with one attached hydrogen (secondary N) is 1. The minimum Gasteiger partial charge on any atom is -0.399 e. The standard InChI is InChI=1S/C24H34BFN4O2/c1-23(2)24(3,4)32-25(31-23)17-5-10-21-16(13-17)14-27-22(29-21)28-19-6-8-20(9-7-19)30-12-11-18(26)15-30/h5,10,13-14,18-20H,6-9,11-12,15H2,1-4H3,(H,27,28,29)/t18-,19?,20?/m1/s1. The maximum atomic E-state index is 13.5. The van der Waals surface area contributed by atoms with Crippen molar-refractivity contribution >= 4 is 29.4 Å². The fourth-order valence-electron chi connectivity index (χ4n) is 5.09. The fraction of sp³-hybridized carbons (Fsp3) is 0.667. The molecule has 0 radical (unpaired) electrons. The Balaban J connectivity index is 1.22. The summed E-state index contributed by atoms with van der Waals surface area (Å²) in [6.07, 6.45) is 6.28. The van der Waals surface area contributed by atoms with Gasteiger partial charge in [-0.2, -0.15) is 0 Å². The smallest absolute Gasteiger partial charge is 0.399 e. The minimum atomic E-state index is -0.637. The molecule has 1 atom stereocenters. The third-order valence-electron chi connectivity index (χ3n) is 7.84. The Labute approximate surface area is 190 Å². The summed E-state index contributed by atoms with van der Waals surface area (Å²) in [6.45, 7) is 9.77. The molecular formula is C24H34BFN4O2. The number of alkyl halides is 1. The number of anilines is 1. The molecule has 1 aliphatic carbocycles. The number of nitrogens with zero attached hydrogens (tertiary/aromatic N) is 3. The van der Waals surface area contributed by atoms with Crippen LogP contribution in [-0.2, 0) is 9.31 Å². The third kappa shape index (κ3) is 4.25. The molecule has 172 valence electrons. The van der Waals surface area contributed by atoms with Crippen molar-refractivity contribution in [2.45, 2.75) is 89.3 Å². The van der Waals surface area contributed by atoms with Crippen molar-refractivity contribution in [2.24, 2.45) is 0 Å². The SMILES string of the molecule is CC1(C)OB(c2ccc3nc(NC4CCC(N5CC[C@@H](F)C5)CC4)ncc3c2)OC1(C)C. The Morgan fingerprint density at radius 2 is 1.78 bits per heavy atom. The topological polar surface area (TPSA) is 59.5 Å². The van der Waals surface area contributed by atoms with Gasteiger partial charge in [0.2, 0.25) is 5.95 Å². The molecule has 6 nitrogen and oxygen atoms in total. The van der Waals surface area contributed by atoms with E-state index in [4.69, 9.17) is 14.3 Å². The molecule has 0 spiro atoms. The lowest BCUT2D eigenvalue weighted by Crippen LogP contribution is -2.41. The van der Waals surface area contributed by atoms with Crippen LogP contribution in [0.15, 0.2) is 24.4 Å². The number of benzene rings is 1. The van der Waals surface area contributed by atoms with Crippen LogP contribution in [0.3, 0.4) is 0 Å². The molecule has 1 saturated carbocycles. The van der Waals surface area contributed by atoms with Gasteiger partial charge in [-0.15, -0.1) is 0 Å². The molecule has 2 aliphatic heterocycles. The second-order valence-electron chi connectivity index (χ2n) is 10.6. The van der Waals surface area contributed by atoms with E-state index in [9.17, 15) is 4.39 Å². The molecule has 2 saturated heterocycles. The van der Waals surface area contributed by atoms with E-state index in [-0.39, 0.29) is 18.3 Å². The Bertz CT molecular complexity index is 964. The van der Waals surface area contributed by atoms with Gasteiger partial charge >= 0.3 is 7.12 Å². The van der Waals surface area contributed by atoms with E-state index >= 15 is 0 Å². The van der Waals surface area contributed by atoms with E-state index < -0.39 is 6.17 Å². The molecule has 0 unspecified atom stereocenters. The zero-order valence-electron chi connectivity index (χ0n) is 19.6. The molecule has 3 aliphatic rings. The zero-order valence-corrected chi connectivity index (χ0v) is 19.6. The van der Waals surface area contributed by atoms with Crippen LogP contribution in [0.2, 0.25) is 0 Å². The van der Waals surface area contributed by atoms with Gasteiger partial charge in [-0.25, -0.2) is 14.4 Å². The van der Waals surface area contributed by atoms with Gasteiger partial charge < -0.3 is 14.6 Å². The molecule has 0 bridgehead atoms. The first-order valence-electron chi connectivity index (χ1n) is 12.0. The number of hydrogen-bond acceptors (Lipinski definition) is 6. The van der Waals surface area contributed by atoms with E-state index in [0.717, 1.165) is 48.6 Å². The predicted molar refractivity (Wildman–Crippen MR) is 126 cm³/mol. The quantitative estimate of drug-likeness (QED) is 0.732. The number of rotatable bonds is 4. The predicted octanol–water partition coefficient (Wildman–Crippen LogP) is 3.70. The summed E-state index contributed by atoms with van der Waals surface area (Å²) in [5.41, 5.74) is 1.16. The van der Waals surface area contributed by atoms with Gasteiger partial charge in [0.25, 0.3) is 0 Å². The van der Waals surface area contributed by atoms with E-state index in [1.807, 2.05) is 18.3 Å². The Morgan fingerprint density at radius 1 is 1.06 bits per heavy atom. The molecule has 2 aromatic rings. The van der Waals surface area contributed by atoms with Crippen molar-refractivity contribution in [3.63, 3.8) is 0 Å². The van der Waals surface area contributed by atoms with Crippen LogP contribution in [-0.4, -0.2) is 64.5 Å². The highest BCUT2D eigenvalue weighted by molar-refractivity contribution is 6.62. The lowest BCUT2D eigenvalue weighted by molar-refractivity contribution is 0.00578. The van der Waals surface area contributed by atoms with Crippen molar-refractivity contribution in [1.82, 2.24) is 14.9 Å². The molecule has 1 aromatic heterocycles. The van der Waals surface area contributed by atoms with Crippen LogP contribution >= 0.6 is 0 Å². The van der Waals surface area contributed by atoms with Gasteiger partial charge in [0.05, 0.1) is 16.7 Å². The van der Waals surface area contributed by atoms with Gasteiger partial charge in [0.1, 0.15) is 6.17 Å². The highest BCUT2D eigenvalue weighted by Gasteiger charge is 2.51. The van der Waals surface area contributed by atoms with Crippen LogP contribution in [0.4, 0.5) is 10.3 Å². The molecule has 3 heterocycles. The Morgan fingerprint density at radius 3 is 2.44 bits per heavy atom. The first kappa shape index (κ1) is 22.0. The number of aromatic nitrogens is 2. The summed E-state index contributed by atoms with van der Waals surface area (Å²) in [4.78, 5) is 11.6. The van der Waals surface area contributed by atoms with Crippen LogP contribution in [0.1, 0.15) is 59.8 Å². The number of halogens is 1. The molecule has 0 amide bonds. The monoisotopic (exact) mass is 440 g/mol. The number of fused-ring (bicyclic) bond motifs is 1. The van der Waals surface area contributed by atoms with Gasteiger partial charge in [-0.3, -0.25) is 4.90 Å².